The summed E-state index contributed by atoms with van der Waals surface area (Å²) in [7, 11) is 1.97. The molecule has 3 heteroatoms. The molecule has 0 saturated heterocycles. The summed E-state index contributed by atoms with van der Waals surface area (Å²) in [4.78, 5) is 2.08. The first kappa shape index (κ1) is 11.4. The molecule has 88 valence electrons. The zero-order valence-electron chi connectivity index (χ0n) is 9.78. The van der Waals surface area contributed by atoms with Crippen molar-refractivity contribution in [2.45, 2.75) is 32.4 Å². The van der Waals surface area contributed by atoms with Crippen LogP contribution in [0.5, 0.6) is 0 Å². The van der Waals surface area contributed by atoms with Gasteiger partial charge in [-0.05, 0) is 37.8 Å². The molecule has 0 aliphatic heterocycles. The molecule has 0 heterocycles. The summed E-state index contributed by atoms with van der Waals surface area (Å²) < 4.78 is 13.5. The van der Waals surface area contributed by atoms with Crippen LogP contribution in [-0.2, 0) is 6.61 Å². The quantitative estimate of drug-likeness (QED) is 0.848. The second kappa shape index (κ2) is 4.42. The Kier molecular flexibility index (Phi) is 3.15. The Morgan fingerprint density at radius 1 is 1.50 bits per heavy atom. The number of anilines is 1. The Labute approximate surface area is 95.7 Å². The molecule has 2 rings (SSSR count). The monoisotopic (exact) mass is 223 g/mol. The van der Waals surface area contributed by atoms with Crippen molar-refractivity contribution in [3.8, 4) is 0 Å². The van der Waals surface area contributed by atoms with E-state index in [1.165, 1.54) is 18.9 Å². The number of hydrogen-bond donors (Lipinski definition) is 1. The molecule has 16 heavy (non-hydrogen) atoms. The third-order valence-corrected chi connectivity index (χ3v) is 3.55. The van der Waals surface area contributed by atoms with Crippen LogP contribution >= 0.6 is 0 Å². The minimum Gasteiger partial charge on any atom is -0.391 e. The normalized spacial score (nSPS) is 17.2. The Balaban J connectivity index is 2.27. The predicted molar refractivity (Wildman–Crippen MR) is 62.9 cm³/mol. The Hall–Kier alpha value is -1.09. The highest BCUT2D eigenvalue weighted by molar-refractivity contribution is 5.54. The van der Waals surface area contributed by atoms with Crippen LogP contribution in [0.2, 0.25) is 0 Å². The third-order valence-electron chi connectivity index (χ3n) is 3.55. The maximum atomic E-state index is 13.5. The topological polar surface area (TPSA) is 23.5 Å². The van der Waals surface area contributed by atoms with Crippen molar-refractivity contribution >= 4 is 5.69 Å². The fraction of sp³-hybridized carbons (Fsp3) is 0.538. The van der Waals surface area contributed by atoms with Gasteiger partial charge >= 0.3 is 0 Å². The molecule has 0 bridgehead atoms. The van der Waals surface area contributed by atoms with Crippen LogP contribution in [0.15, 0.2) is 18.2 Å². The molecule has 1 aromatic carbocycles. The van der Waals surface area contributed by atoms with E-state index >= 15 is 0 Å². The lowest BCUT2D eigenvalue weighted by Crippen LogP contribution is -2.31. The lowest BCUT2D eigenvalue weighted by atomic mass is 10.1. The smallest absolute Gasteiger partial charge is 0.130 e. The summed E-state index contributed by atoms with van der Waals surface area (Å²) in [6.07, 6.45) is 2.52. The zero-order chi connectivity index (χ0) is 11.7. The van der Waals surface area contributed by atoms with E-state index in [2.05, 4.69) is 11.8 Å². The van der Waals surface area contributed by atoms with E-state index in [1.807, 2.05) is 13.1 Å². The fourth-order valence-electron chi connectivity index (χ4n) is 2.15. The minimum absolute atomic E-state index is 0.246. The van der Waals surface area contributed by atoms with Gasteiger partial charge in [0.1, 0.15) is 5.82 Å². The fourth-order valence-corrected chi connectivity index (χ4v) is 2.15. The van der Waals surface area contributed by atoms with Gasteiger partial charge < -0.3 is 10.0 Å². The molecule has 0 spiro atoms. The van der Waals surface area contributed by atoms with Gasteiger partial charge in [0.05, 0.1) is 6.61 Å². The van der Waals surface area contributed by atoms with Gasteiger partial charge in [-0.2, -0.15) is 0 Å². The molecule has 1 saturated carbocycles. The molecule has 0 amide bonds. The van der Waals surface area contributed by atoms with Crippen LogP contribution in [0.1, 0.15) is 25.3 Å². The van der Waals surface area contributed by atoms with Crippen molar-refractivity contribution in [2.24, 2.45) is 5.92 Å². The van der Waals surface area contributed by atoms with Gasteiger partial charge in [-0.3, -0.25) is 0 Å². The van der Waals surface area contributed by atoms with Gasteiger partial charge in [0, 0.05) is 24.3 Å². The average molecular weight is 223 g/mol. The van der Waals surface area contributed by atoms with E-state index in [9.17, 15) is 9.50 Å². The third kappa shape index (κ3) is 2.05. The Morgan fingerprint density at radius 2 is 2.19 bits per heavy atom. The molecule has 1 aliphatic rings. The minimum atomic E-state index is -0.324. The van der Waals surface area contributed by atoms with Crippen LogP contribution in [0.25, 0.3) is 0 Å². The van der Waals surface area contributed by atoms with Gasteiger partial charge in [0.2, 0.25) is 0 Å². The van der Waals surface area contributed by atoms with Crippen molar-refractivity contribution in [2.75, 3.05) is 11.9 Å². The van der Waals surface area contributed by atoms with Gasteiger partial charge in [-0.15, -0.1) is 0 Å². The maximum Gasteiger partial charge on any atom is 0.130 e. The summed E-state index contributed by atoms with van der Waals surface area (Å²) in [5.41, 5.74) is 1.21. The highest BCUT2D eigenvalue weighted by Crippen LogP contribution is 2.37. The van der Waals surface area contributed by atoms with Crippen LogP contribution in [0.4, 0.5) is 10.1 Å². The molecule has 0 aromatic heterocycles. The molecule has 1 aliphatic carbocycles. The van der Waals surface area contributed by atoms with E-state index in [0.29, 0.717) is 11.6 Å². The number of aliphatic hydroxyl groups is 1. The van der Waals surface area contributed by atoms with Crippen molar-refractivity contribution in [1.82, 2.24) is 0 Å². The largest absolute Gasteiger partial charge is 0.391 e. The second-order valence-corrected chi connectivity index (χ2v) is 4.58. The Morgan fingerprint density at radius 3 is 2.75 bits per heavy atom. The number of hydrogen-bond acceptors (Lipinski definition) is 2. The summed E-state index contributed by atoms with van der Waals surface area (Å²) in [5.74, 6) is 0.398. The van der Waals surface area contributed by atoms with Gasteiger partial charge in [0.15, 0.2) is 0 Å². The maximum absolute atomic E-state index is 13.5. The SMILES string of the molecule is CC(C1CC1)N(C)c1cccc(F)c1CO. The number of halogens is 1. The van der Waals surface area contributed by atoms with Gasteiger partial charge in [-0.1, -0.05) is 6.07 Å². The molecule has 2 nitrogen and oxygen atoms in total. The van der Waals surface area contributed by atoms with Crippen LogP contribution < -0.4 is 4.90 Å². The van der Waals surface area contributed by atoms with E-state index in [0.717, 1.165) is 11.6 Å². The van der Waals surface area contributed by atoms with Gasteiger partial charge in [-0.25, -0.2) is 4.39 Å². The molecule has 0 radical (unpaired) electrons. The van der Waals surface area contributed by atoms with E-state index in [1.54, 1.807) is 6.07 Å². The van der Waals surface area contributed by atoms with Crippen molar-refractivity contribution < 1.29 is 9.50 Å². The highest BCUT2D eigenvalue weighted by Gasteiger charge is 2.31. The molecule has 1 atom stereocenters. The average Bonchev–Trinajstić information content (AvgIpc) is 3.10. The summed E-state index contributed by atoms with van der Waals surface area (Å²) >= 11 is 0. The highest BCUT2D eigenvalue weighted by atomic mass is 19.1. The number of benzene rings is 1. The molecule has 1 fully saturated rings. The standard InChI is InChI=1S/C13H18FNO/c1-9(10-6-7-10)15(2)13-5-3-4-12(14)11(13)8-16/h3-5,9-10,16H,6-8H2,1-2H3. The molecule has 1 unspecified atom stereocenters. The summed E-state index contributed by atoms with van der Waals surface area (Å²) in [6, 6.07) is 5.37. The zero-order valence-corrected chi connectivity index (χ0v) is 9.78. The van der Waals surface area contributed by atoms with E-state index < -0.39 is 0 Å². The number of aliphatic hydroxyl groups excluding tert-OH is 1. The molecule has 1 aromatic rings. The number of nitrogens with zero attached hydrogens (tertiary/aromatic N) is 1. The first-order valence-corrected chi connectivity index (χ1v) is 5.76. The number of rotatable bonds is 4. The predicted octanol–water partition coefficient (Wildman–Crippen LogP) is 2.55. The summed E-state index contributed by atoms with van der Waals surface area (Å²) in [5, 5.41) is 9.22. The molecular formula is C13H18FNO. The van der Waals surface area contributed by atoms with E-state index in [-0.39, 0.29) is 12.4 Å². The lowest BCUT2D eigenvalue weighted by molar-refractivity contribution is 0.276. The van der Waals surface area contributed by atoms with Gasteiger partial charge in [0.25, 0.3) is 0 Å². The van der Waals surface area contributed by atoms with Crippen LogP contribution in [0, 0.1) is 11.7 Å². The van der Waals surface area contributed by atoms with E-state index in [4.69, 9.17) is 0 Å². The first-order valence-electron chi connectivity index (χ1n) is 5.76. The van der Waals surface area contributed by atoms with Crippen LogP contribution in [-0.4, -0.2) is 18.2 Å². The second-order valence-electron chi connectivity index (χ2n) is 4.58. The van der Waals surface area contributed by atoms with Crippen molar-refractivity contribution in [3.05, 3.63) is 29.6 Å². The Bertz CT molecular complexity index is 376. The first-order chi connectivity index (χ1) is 7.65. The van der Waals surface area contributed by atoms with Crippen molar-refractivity contribution in [1.29, 1.82) is 0 Å². The van der Waals surface area contributed by atoms with Crippen molar-refractivity contribution in [3.63, 3.8) is 0 Å². The molecular weight excluding hydrogens is 205 g/mol. The van der Waals surface area contributed by atoms with Crippen LogP contribution in [0.3, 0.4) is 0 Å². The lowest BCUT2D eigenvalue weighted by Gasteiger charge is -2.29. The molecule has 1 N–H and O–H groups in total. The summed E-state index contributed by atoms with van der Waals surface area (Å²) in [6.45, 7) is 1.91.